The lowest BCUT2D eigenvalue weighted by atomic mass is 10.0. The molecular weight excluding hydrogens is 961 g/mol. The van der Waals surface area contributed by atoms with Crippen molar-refractivity contribution in [1.82, 2.24) is 8.80 Å². The number of para-hydroxylation sites is 2. The van der Waals surface area contributed by atoms with Crippen molar-refractivity contribution in [3.63, 3.8) is 0 Å². The molecule has 17 aromatic rings. The van der Waals surface area contributed by atoms with E-state index in [1.54, 1.807) is 0 Å². The number of thiophene rings is 2. The van der Waals surface area contributed by atoms with Gasteiger partial charge in [-0.15, -0.1) is 22.7 Å². The predicted octanol–water partition coefficient (Wildman–Crippen LogP) is 20.9. The second-order valence-corrected chi connectivity index (χ2v) is 23.2. The van der Waals surface area contributed by atoms with Crippen LogP contribution in [-0.4, -0.2) is 8.80 Å². The van der Waals surface area contributed by atoms with E-state index in [-0.39, 0.29) is 0 Å². The van der Waals surface area contributed by atoms with E-state index in [2.05, 4.69) is 253 Å². The maximum atomic E-state index is 2.58. The van der Waals surface area contributed by atoms with Gasteiger partial charge in [0.15, 0.2) is 0 Å². The molecule has 76 heavy (non-hydrogen) atoms. The summed E-state index contributed by atoms with van der Waals surface area (Å²) in [5.41, 5.74) is 19.5. The summed E-state index contributed by atoms with van der Waals surface area (Å²) in [5.74, 6) is 0. The summed E-state index contributed by atoms with van der Waals surface area (Å²) < 4.78 is 10.3. The average molecular weight is 1010 g/mol. The van der Waals surface area contributed by atoms with E-state index in [1.807, 2.05) is 22.7 Å². The van der Waals surface area contributed by atoms with Gasteiger partial charge in [-0.05, 0) is 135 Å². The zero-order chi connectivity index (χ0) is 50.2. The van der Waals surface area contributed by atoms with Gasteiger partial charge >= 0.3 is 0 Å². The molecule has 6 heteroatoms. The lowest BCUT2D eigenvalue weighted by Gasteiger charge is -2.29. The first-order valence-corrected chi connectivity index (χ1v) is 27.9. The van der Waals surface area contributed by atoms with E-state index in [9.17, 15) is 0 Å². The second-order valence-electron chi connectivity index (χ2n) is 21.1. The Morgan fingerprint density at radius 1 is 0.276 bits per heavy atom. The molecule has 0 saturated heterocycles. The molecule has 0 aliphatic rings. The number of aryl methyl sites for hydroxylation is 4. The quantitative estimate of drug-likeness (QED) is 0.165. The van der Waals surface area contributed by atoms with E-state index in [0.29, 0.717) is 0 Å². The molecule has 0 aliphatic heterocycles. The molecular formula is C70H46N4S2. The molecule has 0 radical (unpaired) electrons. The maximum Gasteiger partial charge on any atom is 0.0641 e. The molecule has 11 aromatic carbocycles. The number of benzene rings is 11. The molecule has 0 fully saturated rings. The van der Waals surface area contributed by atoms with Crippen molar-refractivity contribution in [2.45, 2.75) is 27.7 Å². The van der Waals surface area contributed by atoms with Crippen molar-refractivity contribution >= 4 is 173 Å². The first kappa shape index (κ1) is 42.4. The SMILES string of the molecule is Cc1ccc(C)c(N(c2cccc3sc4ccccc4c23)c2ccc3c4cc5c(cc4n4c6ccccc6c2c34)c2ccc(N(c3cc(C)ccc3C)c3cccc4sc6ccccc6c34)c3c4ccccc4n5c23)c1. The molecule has 358 valence electrons. The van der Waals surface area contributed by atoms with Gasteiger partial charge in [-0.3, -0.25) is 0 Å². The first-order valence-electron chi connectivity index (χ1n) is 26.2. The molecule has 6 heterocycles. The second kappa shape index (κ2) is 15.3. The Morgan fingerprint density at radius 3 is 1.13 bits per heavy atom. The third-order valence-corrected chi connectivity index (χ3v) is 19.0. The third-order valence-electron chi connectivity index (χ3n) is 16.7. The van der Waals surface area contributed by atoms with Crippen molar-refractivity contribution in [2.75, 3.05) is 9.80 Å². The summed E-state index contributed by atoms with van der Waals surface area (Å²) in [5, 5.41) is 15.2. The van der Waals surface area contributed by atoms with Gasteiger partial charge in [0.1, 0.15) is 0 Å². The highest BCUT2D eigenvalue weighted by atomic mass is 32.1. The number of anilines is 6. The Hall–Kier alpha value is -8.94. The normalized spacial score (nSPS) is 12.5. The topological polar surface area (TPSA) is 15.3 Å². The summed E-state index contributed by atoms with van der Waals surface area (Å²) in [6.45, 7) is 8.94. The zero-order valence-corrected chi connectivity index (χ0v) is 43.9. The van der Waals surface area contributed by atoms with Crippen LogP contribution in [0.25, 0.3) is 117 Å². The minimum absolute atomic E-state index is 1.18. The molecule has 6 aromatic heterocycles. The van der Waals surface area contributed by atoms with Crippen molar-refractivity contribution in [1.29, 1.82) is 0 Å². The van der Waals surface area contributed by atoms with Crippen LogP contribution in [0.2, 0.25) is 0 Å². The molecule has 0 atom stereocenters. The van der Waals surface area contributed by atoms with Crippen molar-refractivity contribution in [3.05, 3.63) is 229 Å². The van der Waals surface area contributed by atoms with Gasteiger partial charge in [0.2, 0.25) is 0 Å². The maximum absolute atomic E-state index is 2.58. The van der Waals surface area contributed by atoms with Gasteiger partial charge in [0, 0.05) is 94.8 Å². The van der Waals surface area contributed by atoms with Crippen LogP contribution >= 0.6 is 22.7 Å². The van der Waals surface area contributed by atoms with E-state index >= 15 is 0 Å². The van der Waals surface area contributed by atoms with Crippen LogP contribution in [0.5, 0.6) is 0 Å². The highest BCUT2D eigenvalue weighted by molar-refractivity contribution is 7.26. The van der Waals surface area contributed by atoms with Crippen LogP contribution in [0.3, 0.4) is 0 Å². The molecule has 4 nitrogen and oxygen atoms in total. The van der Waals surface area contributed by atoms with E-state index in [4.69, 9.17) is 0 Å². The number of hydrogen-bond donors (Lipinski definition) is 0. The number of rotatable bonds is 6. The lowest BCUT2D eigenvalue weighted by Crippen LogP contribution is -2.12. The van der Waals surface area contributed by atoms with Gasteiger partial charge in [-0.1, -0.05) is 121 Å². The summed E-state index contributed by atoms with van der Waals surface area (Å²) in [6, 6.07) is 78.1. The van der Waals surface area contributed by atoms with Crippen LogP contribution in [-0.2, 0) is 0 Å². The first-order chi connectivity index (χ1) is 37.4. The zero-order valence-electron chi connectivity index (χ0n) is 42.2. The Labute approximate surface area is 445 Å². The van der Waals surface area contributed by atoms with Gasteiger partial charge in [-0.25, -0.2) is 0 Å². The number of nitrogens with zero attached hydrogens (tertiary/aromatic N) is 4. The summed E-state index contributed by atoms with van der Waals surface area (Å²) in [6.07, 6.45) is 0. The van der Waals surface area contributed by atoms with Gasteiger partial charge in [0.05, 0.1) is 55.8 Å². The largest absolute Gasteiger partial charge is 0.309 e. The molecule has 0 spiro atoms. The van der Waals surface area contributed by atoms with E-state index in [0.717, 1.165) is 0 Å². The smallest absolute Gasteiger partial charge is 0.0641 e. The molecule has 17 rings (SSSR count). The fourth-order valence-corrected chi connectivity index (χ4v) is 15.7. The minimum atomic E-state index is 1.18. The predicted molar refractivity (Wildman–Crippen MR) is 330 cm³/mol. The monoisotopic (exact) mass is 1010 g/mol. The van der Waals surface area contributed by atoms with Gasteiger partial charge in [0.25, 0.3) is 0 Å². The van der Waals surface area contributed by atoms with Gasteiger partial charge in [-0.2, -0.15) is 0 Å². The Morgan fingerprint density at radius 2 is 0.671 bits per heavy atom. The molecule has 0 amide bonds. The van der Waals surface area contributed by atoms with E-state index < -0.39 is 0 Å². The average Bonchev–Trinajstić information content (AvgIpc) is 4.34. The van der Waals surface area contributed by atoms with Crippen LogP contribution in [0.1, 0.15) is 22.3 Å². The third kappa shape index (κ3) is 5.56. The fraction of sp³-hybridized carbons (Fsp3) is 0.0571. The Balaban J connectivity index is 0.966. The molecule has 0 N–H and O–H groups in total. The number of fused-ring (bicyclic) bond motifs is 18. The standard InChI is InChI=1S/C70H46N4S2/c1-39-27-29-41(3)57(35-39)71(53-21-13-25-63-65(53)47-17-7-11-23-61(47)75-63)55-33-31-43-49-37-60-50(38-59(49)73-51-19-9-5-15-45(51)67(55)69(43)73)44-32-34-56(68-46-16-6-10-20-52(46)74(60)70(44)68)72(58-36-40(2)28-30-42(58)4)54-22-14-26-64-66(54)48-18-8-12-24-62(48)76-64/h5-38H,1-4H3. The molecule has 0 bridgehead atoms. The summed E-state index contributed by atoms with van der Waals surface area (Å²) in [4.78, 5) is 5.14. The lowest BCUT2D eigenvalue weighted by molar-refractivity contribution is 1.26. The Bertz CT molecular complexity index is 4980. The van der Waals surface area contributed by atoms with Crippen molar-refractivity contribution < 1.29 is 0 Å². The summed E-state index contributed by atoms with van der Waals surface area (Å²) >= 11 is 3.75. The summed E-state index contributed by atoms with van der Waals surface area (Å²) in [7, 11) is 0. The van der Waals surface area contributed by atoms with Crippen molar-refractivity contribution in [3.8, 4) is 0 Å². The van der Waals surface area contributed by atoms with Crippen molar-refractivity contribution in [2.24, 2.45) is 0 Å². The number of hydrogen-bond acceptors (Lipinski definition) is 4. The molecule has 0 unspecified atom stereocenters. The van der Waals surface area contributed by atoms with Crippen LogP contribution in [0.4, 0.5) is 34.1 Å². The highest BCUT2D eigenvalue weighted by Crippen LogP contribution is 2.54. The van der Waals surface area contributed by atoms with Gasteiger partial charge < -0.3 is 18.6 Å². The van der Waals surface area contributed by atoms with Crippen LogP contribution in [0.15, 0.2) is 206 Å². The van der Waals surface area contributed by atoms with E-state index in [1.165, 1.54) is 173 Å². The fourth-order valence-electron chi connectivity index (χ4n) is 13.4. The molecule has 0 saturated carbocycles. The molecule has 0 aliphatic carbocycles. The highest BCUT2D eigenvalue weighted by Gasteiger charge is 2.30. The Kier molecular flexibility index (Phi) is 8.56. The van der Waals surface area contributed by atoms with Crippen LogP contribution in [0, 0.1) is 27.7 Å². The number of aromatic nitrogens is 2. The van der Waals surface area contributed by atoms with Crippen LogP contribution < -0.4 is 9.80 Å². The minimum Gasteiger partial charge on any atom is -0.309 e.